The number of aliphatic hydroxyl groups is 1. The summed E-state index contributed by atoms with van der Waals surface area (Å²) >= 11 is 0. The number of hydrogen-bond acceptors (Lipinski definition) is 1. The third-order valence-corrected chi connectivity index (χ3v) is 2.76. The predicted molar refractivity (Wildman–Crippen MR) is 77.1 cm³/mol. The van der Waals surface area contributed by atoms with E-state index in [1.54, 1.807) is 6.92 Å². The standard InChI is InChI=1S/C18H13FO/c1-18(20,16-10-12-17(19)13-11-16)14-6-5-9-15-7-3-2-4-8-15/h2-4,7-8,10-13,20H,1H3. The van der Waals surface area contributed by atoms with Crippen LogP contribution in [0.1, 0.15) is 18.1 Å². The molecule has 0 amide bonds. The molecule has 0 fully saturated rings. The molecule has 2 heteroatoms. The lowest BCUT2D eigenvalue weighted by Gasteiger charge is -2.16. The third-order valence-electron chi connectivity index (χ3n) is 2.76. The highest BCUT2D eigenvalue weighted by Crippen LogP contribution is 2.19. The minimum atomic E-state index is -1.35. The van der Waals surface area contributed by atoms with Gasteiger partial charge in [-0.15, -0.1) is 0 Å². The van der Waals surface area contributed by atoms with E-state index < -0.39 is 5.60 Å². The number of halogens is 1. The van der Waals surface area contributed by atoms with Crippen LogP contribution in [-0.4, -0.2) is 5.11 Å². The van der Waals surface area contributed by atoms with Crippen molar-refractivity contribution in [3.05, 3.63) is 71.5 Å². The lowest BCUT2D eigenvalue weighted by Crippen LogP contribution is -2.18. The molecule has 0 radical (unpaired) electrons. The zero-order valence-electron chi connectivity index (χ0n) is 11.0. The summed E-state index contributed by atoms with van der Waals surface area (Å²) in [6.07, 6.45) is 0. The average Bonchev–Trinajstić information content (AvgIpc) is 2.45. The van der Waals surface area contributed by atoms with E-state index in [9.17, 15) is 9.50 Å². The first-order valence-electron chi connectivity index (χ1n) is 6.14. The zero-order chi connectivity index (χ0) is 14.4. The van der Waals surface area contributed by atoms with Crippen LogP contribution in [0.3, 0.4) is 0 Å². The summed E-state index contributed by atoms with van der Waals surface area (Å²) in [5.41, 5.74) is 0.0511. The molecule has 0 aliphatic rings. The van der Waals surface area contributed by atoms with Gasteiger partial charge in [0.2, 0.25) is 0 Å². The van der Waals surface area contributed by atoms with Gasteiger partial charge in [0.25, 0.3) is 0 Å². The van der Waals surface area contributed by atoms with Crippen LogP contribution >= 0.6 is 0 Å². The quantitative estimate of drug-likeness (QED) is 0.785. The molecule has 0 aliphatic heterocycles. The molecule has 2 aromatic carbocycles. The molecule has 20 heavy (non-hydrogen) atoms. The Kier molecular flexibility index (Phi) is 4.20. The van der Waals surface area contributed by atoms with Gasteiger partial charge in [-0.05, 0) is 54.5 Å². The smallest absolute Gasteiger partial charge is 0.149 e. The summed E-state index contributed by atoms with van der Waals surface area (Å²) in [5, 5.41) is 10.2. The molecule has 0 aromatic heterocycles. The molecule has 0 heterocycles. The topological polar surface area (TPSA) is 20.2 Å². The Hall–Kier alpha value is -2.55. The van der Waals surface area contributed by atoms with Gasteiger partial charge in [-0.3, -0.25) is 0 Å². The minimum absolute atomic E-state index is 0.346. The van der Waals surface area contributed by atoms with Crippen LogP contribution in [-0.2, 0) is 5.60 Å². The first-order valence-corrected chi connectivity index (χ1v) is 6.14. The Labute approximate surface area is 118 Å². The van der Waals surface area contributed by atoms with Crippen molar-refractivity contribution >= 4 is 0 Å². The normalized spacial score (nSPS) is 12.3. The third kappa shape index (κ3) is 3.72. The molecule has 2 rings (SSSR count). The fraction of sp³-hybridized carbons (Fsp3) is 0.111. The highest BCUT2D eigenvalue weighted by molar-refractivity contribution is 5.42. The highest BCUT2D eigenvalue weighted by Gasteiger charge is 2.19. The summed E-state index contributed by atoms with van der Waals surface area (Å²) in [5.74, 6) is 10.5. The molecule has 98 valence electrons. The van der Waals surface area contributed by atoms with E-state index in [-0.39, 0.29) is 5.82 Å². The Balaban J connectivity index is 2.15. The molecule has 0 spiro atoms. The summed E-state index contributed by atoms with van der Waals surface area (Å²) in [7, 11) is 0. The van der Waals surface area contributed by atoms with Crippen molar-refractivity contribution in [1.82, 2.24) is 0 Å². The van der Waals surface area contributed by atoms with E-state index in [2.05, 4.69) is 23.7 Å². The lowest BCUT2D eigenvalue weighted by atomic mass is 9.97. The van der Waals surface area contributed by atoms with Crippen molar-refractivity contribution in [3.63, 3.8) is 0 Å². The van der Waals surface area contributed by atoms with Gasteiger partial charge in [0.15, 0.2) is 0 Å². The van der Waals surface area contributed by atoms with Crippen LogP contribution in [0.15, 0.2) is 54.6 Å². The van der Waals surface area contributed by atoms with E-state index >= 15 is 0 Å². The van der Waals surface area contributed by atoms with Crippen LogP contribution in [0.5, 0.6) is 0 Å². The molecule has 0 bridgehead atoms. The largest absolute Gasteiger partial charge is 0.374 e. The Morgan fingerprint density at radius 3 is 2.25 bits per heavy atom. The number of hydrogen-bond donors (Lipinski definition) is 1. The number of benzene rings is 2. The molecule has 1 nitrogen and oxygen atoms in total. The van der Waals surface area contributed by atoms with Crippen molar-refractivity contribution < 1.29 is 9.50 Å². The first-order chi connectivity index (χ1) is 9.58. The average molecular weight is 264 g/mol. The Morgan fingerprint density at radius 2 is 1.60 bits per heavy atom. The van der Waals surface area contributed by atoms with Crippen molar-refractivity contribution in [2.45, 2.75) is 12.5 Å². The molecular weight excluding hydrogens is 251 g/mol. The summed E-state index contributed by atoms with van der Waals surface area (Å²) in [6.45, 7) is 1.55. The van der Waals surface area contributed by atoms with Crippen molar-refractivity contribution in [3.8, 4) is 23.7 Å². The van der Waals surface area contributed by atoms with E-state index in [0.29, 0.717) is 5.56 Å². The second-order valence-corrected chi connectivity index (χ2v) is 4.45. The maximum Gasteiger partial charge on any atom is 0.149 e. The van der Waals surface area contributed by atoms with Gasteiger partial charge in [0, 0.05) is 5.56 Å². The minimum Gasteiger partial charge on any atom is -0.374 e. The molecule has 0 saturated heterocycles. The van der Waals surface area contributed by atoms with Crippen LogP contribution in [0.4, 0.5) is 4.39 Å². The summed E-state index contributed by atoms with van der Waals surface area (Å²) in [6, 6.07) is 15.1. The van der Waals surface area contributed by atoms with E-state index in [1.807, 2.05) is 30.3 Å². The van der Waals surface area contributed by atoms with Gasteiger partial charge in [-0.1, -0.05) is 36.3 Å². The molecule has 1 unspecified atom stereocenters. The van der Waals surface area contributed by atoms with Crippen LogP contribution in [0.2, 0.25) is 0 Å². The summed E-state index contributed by atoms with van der Waals surface area (Å²) < 4.78 is 12.8. The first kappa shape index (κ1) is 13.9. The maximum atomic E-state index is 12.8. The van der Waals surface area contributed by atoms with Crippen LogP contribution in [0, 0.1) is 29.5 Å². The Bertz CT molecular complexity index is 692. The van der Waals surface area contributed by atoms with Crippen LogP contribution < -0.4 is 0 Å². The van der Waals surface area contributed by atoms with Gasteiger partial charge in [-0.25, -0.2) is 4.39 Å². The van der Waals surface area contributed by atoms with Crippen molar-refractivity contribution in [2.24, 2.45) is 0 Å². The highest BCUT2D eigenvalue weighted by atomic mass is 19.1. The zero-order valence-corrected chi connectivity index (χ0v) is 11.0. The SMILES string of the molecule is CC(O)(C#CC#Cc1ccccc1)c1ccc(F)cc1. The maximum absolute atomic E-state index is 12.8. The Morgan fingerprint density at radius 1 is 0.950 bits per heavy atom. The molecular formula is C18H13FO. The van der Waals surface area contributed by atoms with Gasteiger partial charge in [-0.2, -0.15) is 0 Å². The van der Waals surface area contributed by atoms with Gasteiger partial charge in [0.05, 0.1) is 0 Å². The van der Waals surface area contributed by atoms with E-state index in [4.69, 9.17) is 0 Å². The van der Waals surface area contributed by atoms with Crippen molar-refractivity contribution in [1.29, 1.82) is 0 Å². The lowest BCUT2D eigenvalue weighted by molar-refractivity contribution is 0.122. The fourth-order valence-electron chi connectivity index (χ4n) is 1.62. The fourth-order valence-corrected chi connectivity index (χ4v) is 1.62. The number of rotatable bonds is 1. The second-order valence-electron chi connectivity index (χ2n) is 4.45. The molecule has 2 aromatic rings. The molecule has 0 saturated carbocycles. The molecule has 1 atom stereocenters. The van der Waals surface area contributed by atoms with Gasteiger partial charge < -0.3 is 5.11 Å². The summed E-state index contributed by atoms with van der Waals surface area (Å²) in [4.78, 5) is 0. The van der Waals surface area contributed by atoms with Crippen molar-refractivity contribution in [2.75, 3.05) is 0 Å². The second kappa shape index (κ2) is 6.06. The predicted octanol–water partition coefficient (Wildman–Crippen LogP) is 3.09. The van der Waals surface area contributed by atoms with E-state index in [0.717, 1.165) is 5.56 Å². The van der Waals surface area contributed by atoms with E-state index in [1.165, 1.54) is 24.3 Å². The van der Waals surface area contributed by atoms with Crippen LogP contribution in [0.25, 0.3) is 0 Å². The molecule has 0 aliphatic carbocycles. The van der Waals surface area contributed by atoms with Gasteiger partial charge in [0.1, 0.15) is 11.4 Å². The monoisotopic (exact) mass is 264 g/mol. The molecule has 1 N–H and O–H groups in total. The van der Waals surface area contributed by atoms with Gasteiger partial charge >= 0.3 is 0 Å².